The maximum atomic E-state index is 6.78. The van der Waals surface area contributed by atoms with E-state index in [2.05, 4.69) is 40.8 Å². The molecule has 0 spiro atoms. The Labute approximate surface area is 122 Å². The van der Waals surface area contributed by atoms with Crippen LogP contribution in [0.5, 0.6) is 0 Å². The molecular formula is C17H36OSi. The minimum absolute atomic E-state index is 0.339. The molecule has 0 radical (unpaired) electrons. The van der Waals surface area contributed by atoms with Crippen LogP contribution < -0.4 is 0 Å². The lowest BCUT2D eigenvalue weighted by atomic mass is 9.83. The van der Waals surface area contributed by atoms with Gasteiger partial charge in [0.1, 0.15) is 0 Å². The van der Waals surface area contributed by atoms with E-state index in [9.17, 15) is 0 Å². The minimum Gasteiger partial charge on any atom is -0.414 e. The third-order valence-corrected chi connectivity index (χ3v) is 9.77. The topological polar surface area (TPSA) is 9.23 Å². The van der Waals surface area contributed by atoms with Crippen molar-refractivity contribution in [3.05, 3.63) is 0 Å². The molecule has 0 aromatic rings. The van der Waals surface area contributed by atoms with Crippen LogP contribution in [0.25, 0.3) is 0 Å². The van der Waals surface area contributed by atoms with Crippen LogP contribution in [-0.4, -0.2) is 14.4 Å². The third kappa shape index (κ3) is 5.22. The Morgan fingerprint density at radius 3 is 2.16 bits per heavy atom. The average molecular weight is 285 g/mol. The second kappa shape index (κ2) is 7.26. The standard InChI is InChI=1S/C17H36OSi/c1-7-8-14-16(15-12-10-9-11-13-15)18-19(5,6)17(2,3)4/h15-16H,7-14H2,1-6H3. The van der Waals surface area contributed by atoms with E-state index in [1.807, 2.05) is 0 Å². The zero-order chi connectivity index (χ0) is 14.5. The molecule has 1 unspecified atom stereocenters. The molecule has 0 saturated heterocycles. The van der Waals surface area contributed by atoms with Gasteiger partial charge in [0.25, 0.3) is 0 Å². The van der Waals surface area contributed by atoms with Crippen LogP contribution in [0, 0.1) is 5.92 Å². The number of hydrogen-bond donors (Lipinski definition) is 0. The van der Waals surface area contributed by atoms with Crippen LogP contribution >= 0.6 is 0 Å². The van der Waals surface area contributed by atoms with Crippen molar-refractivity contribution in [1.82, 2.24) is 0 Å². The van der Waals surface area contributed by atoms with E-state index in [0.29, 0.717) is 11.1 Å². The maximum Gasteiger partial charge on any atom is 0.192 e. The smallest absolute Gasteiger partial charge is 0.192 e. The van der Waals surface area contributed by atoms with E-state index in [0.717, 1.165) is 5.92 Å². The molecule has 1 saturated carbocycles. The first-order chi connectivity index (χ1) is 8.78. The van der Waals surface area contributed by atoms with E-state index in [1.54, 1.807) is 0 Å². The van der Waals surface area contributed by atoms with Crippen molar-refractivity contribution in [2.75, 3.05) is 0 Å². The Hall–Kier alpha value is 0.177. The second-order valence-corrected chi connectivity index (χ2v) is 12.7. The fourth-order valence-electron chi connectivity index (χ4n) is 2.86. The Kier molecular flexibility index (Phi) is 6.58. The summed E-state index contributed by atoms with van der Waals surface area (Å²) in [5, 5.41) is 0.339. The summed E-state index contributed by atoms with van der Waals surface area (Å²) in [5.74, 6) is 0.842. The van der Waals surface area contributed by atoms with Crippen molar-refractivity contribution in [1.29, 1.82) is 0 Å². The molecule has 1 nitrogen and oxygen atoms in total. The molecule has 0 bridgehead atoms. The van der Waals surface area contributed by atoms with Crippen molar-refractivity contribution in [3.63, 3.8) is 0 Å². The lowest BCUT2D eigenvalue weighted by molar-refractivity contribution is 0.0841. The van der Waals surface area contributed by atoms with Crippen molar-refractivity contribution in [2.24, 2.45) is 5.92 Å². The van der Waals surface area contributed by atoms with Crippen LogP contribution in [-0.2, 0) is 4.43 Å². The third-order valence-electron chi connectivity index (χ3n) is 5.27. The van der Waals surface area contributed by atoms with Crippen molar-refractivity contribution < 1.29 is 4.43 Å². The van der Waals surface area contributed by atoms with Gasteiger partial charge in [-0.3, -0.25) is 0 Å². The van der Waals surface area contributed by atoms with E-state index in [-0.39, 0.29) is 0 Å². The van der Waals surface area contributed by atoms with Gasteiger partial charge in [-0.2, -0.15) is 0 Å². The predicted octanol–water partition coefficient (Wildman–Crippen LogP) is 6.15. The molecule has 1 aliphatic carbocycles. The first kappa shape index (κ1) is 17.2. The van der Waals surface area contributed by atoms with Gasteiger partial charge in [0, 0.05) is 6.10 Å². The van der Waals surface area contributed by atoms with Gasteiger partial charge in [-0.05, 0) is 43.3 Å². The van der Waals surface area contributed by atoms with E-state index < -0.39 is 8.32 Å². The monoisotopic (exact) mass is 284 g/mol. The largest absolute Gasteiger partial charge is 0.414 e. The van der Waals surface area contributed by atoms with Gasteiger partial charge in [-0.1, -0.05) is 59.8 Å². The first-order valence-electron chi connectivity index (χ1n) is 8.46. The molecule has 2 heteroatoms. The van der Waals surface area contributed by atoms with Gasteiger partial charge in [0.15, 0.2) is 8.32 Å². The SMILES string of the molecule is CCCCC(O[Si](C)(C)C(C)(C)C)C1CCCCC1. The normalized spacial score (nSPS) is 20.5. The summed E-state index contributed by atoms with van der Waals surface area (Å²) < 4.78 is 6.78. The summed E-state index contributed by atoms with van der Waals surface area (Å²) in [6, 6.07) is 0. The molecule has 1 rings (SSSR count). The summed E-state index contributed by atoms with van der Waals surface area (Å²) in [6.07, 6.45) is 11.6. The second-order valence-electron chi connectivity index (χ2n) is 7.96. The van der Waals surface area contributed by atoms with Gasteiger partial charge in [-0.25, -0.2) is 0 Å². The molecular weight excluding hydrogens is 248 g/mol. The summed E-state index contributed by atoms with van der Waals surface area (Å²) in [7, 11) is -1.60. The highest BCUT2D eigenvalue weighted by atomic mass is 28.4. The number of rotatable bonds is 6. The average Bonchev–Trinajstić information content (AvgIpc) is 2.34. The maximum absolute atomic E-state index is 6.78. The predicted molar refractivity (Wildman–Crippen MR) is 88.2 cm³/mol. The van der Waals surface area contributed by atoms with Gasteiger partial charge in [-0.15, -0.1) is 0 Å². The fraction of sp³-hybridized carbons (Fsp3) is 1.00. The zero-order valence-corrected chi connectivity index (χ0v) is 15.2. The molecule has 0 N–H and O–H groups in total. The van der Waals surface area contributed by atoms with Gasteiger partial charge in [0.05, 0.1) is 0 Å². The number of unbranched alkanes of at least 4 members (excludes halogenated alkanes) is 1. The highest BCUT2D eigenvalue weighted by molar-refractivity contribution is 6.74. The first-order valence-corrected chi connectivity index (χ1v) is 11.4. The molecule has 114 valence electrons. The van der Waals surface area contributed by atoms with E-state index >= 15 is 0 Å². The quantitative estimate of drug-likeness (QED) is 0.532. The van der Waals surface area contributed by atoms with Crippen molar-refractivity contribution in [3.8, 4) is 0 Å². The van der Waals surface area contributed by atoms with Gasteiger partial charge >= 0.3 is 0 Å². The highest BCUT2D eigenvalue weighted by Crippen LogP contribution is 2.40. The molecule has 0 aliphatic heterocycles. The molecule has 0 aromatic heterocycles. The highest BCUT2D eigenvalue weighted by Gasteiger charge is 2.40. The molecule has 19 heavy (non-hydrogen) atoms. The summed E-state index contributed by atoms with van der Waals surface area (Å²) >= 11 is 0. The number of hydrogen-bond acceptors (Lipinski definition) is 1. The summed E-state index contributed by atoms with van der Waals surface area (Å²) in [5.41, 5.74) is 0. The summed E-state index contributed by atoms with van der Waals surface area (Å²) in [6.45, 7) is 14.2. The lowest BCUT2D eigenvalue weighted by Crippen LogP contribution is -2.46. The molecule has 1 atom stereocenters. The van der Waals surface area contributed by atoms with Crippen LogP contribution in [0.2, 0.25) is 18.1 Å². The lowest BCUT2D eigenvalue weighted by Gasteiger charge is -2.42. The van der Waals surface area contributed by atoms with Crippen molar-refractivity contribution in [2.45, 2.75) is 103 Å². The molecule has 0 amide bonds. The Bertz CT molecular complexity index is 248. The fourth-order valence-corrected chi connectivity index (χ4v) is 4.28. The zero-order valence-electron chi connectivity index (χ0n) is 14.2. The Morgan fingerprint density at radius 2 is 1.68 bits per heavy atom. The van der Waals surface area contributed by atoms with Crippen LogP contribution in [0.4, 0.5) is 0 Å². The summed E-state index contributed by atoms with van der Waals surface area (Å²) in [4.78, 5) is 0. The van der Waals surface area contributed by atoms with Crippen LogP contribution in [0.1, 0.15) is 79.1 Å². The molecule has 0 heterocycles. The Balaban J connectivity index is 2.67. The van der Waals surface area contributed by atoms with Crippen molar-refractivity contribution >= 4 is 8.32 Å². The minimum atomic E-state index is -1.60. The van der Waals surface area contributed by atoms with E-state index in [1.165, 1.54) is 51.4 Å². The molecule has 1 fully saturated rings. The van der Waals surface area contributed by atoms with Gasteiger partial charge in [0.2, 0.25) is 0 Å². The van der Waals surface area contributed by atoms with Crippen LogP contribution in [0.3, 0.4) is 0 Å². The van der Waals surface area contributed by atoms with Crippen LogP contribution in [0.15, 0.2) is 0 Å². The van der Waals surface area contributed by atoms with E-state index in [4.69, 9.17) is 4.43 Å². The Morgan fingerprint density at radius 1 is 1.11 bits per heavy atom. The molecule has 0 aromatic carbocycles. The molecule has 1 aliphatic rings. The van der Waals surface area contributed by atoms with Gasteiger partial charge < -0.3 is 4.43 Å².